The summed E-state index contributed by atoms with van der Waals surface area (Å²) in [6.45, 7) is 0.584. The minimum Gasteiger partial charge on any atom is -0.364 e. The molecule has 0 fully saturated rings. The molecule has 7 heteroatoms. The van der Waals surface area contributed by atoms with Crippen molar-refractivity contribution in [2.75, 3.05) is 5.32 Å². The highest BCUT2D eigenvalue weighted by atomic mass is 35.5. The number of aromatic nitrogens is 5. The summed E-state index contributed by atoms with van der Waals surface area (Å²) in [6, 6.07) is 7.66. The average Bonchev–Trinajstić information content (AvgIpc) is 2.86. The molecule has 0 unspecified atom stereocenters. The molecule has 0 aliphatic rings. The van der Waals surface area contributed by atoms with Gasteiger partial charge in [-0.2, -0.15) is 4.52 Å². The van der Waals surface area contributed by atoms with E-state index in [9.17, 15) is 0 Å². The Balaban J connectivity index is 1.85. The maximum Gasteiger partial charge on any atom is 0.199 e. The van der Waals surface area contributed by atoms with Crippen LogP contribution in [0, 0.1) is 0 Å². The van der Waals surface area contributed by atoms with Gasteiger partial charge in [-0.25, -0.2) is 0 Å². The van der Waals surface area contributed by atoms with Crippen molar-refractivity contribution < 1.29 is 0 Å². The predicted octanol–water partition coefficient (Wildman–Crippen LogP) is 1.78. The van der Waals surface area contributed by atoms with Crippen LogP contribution in [0.3, 0.4) is 0 Å². The molecule has 3 aromatic rings. The Labute approximate surface area is 108 Å². The summed E-state index contributed by atoms with van der Waals surface area (Å²) in [5, 5.41) is 15.2. The molecule has 90 valence electrons. The first-order chi connectivity index (χ1) is 8.84. The van der Waals surface area contributed by atoms with Gasteiger partial charge in [-0.15, -0.1) is 5.10 Å². The van der Waals surface area contributed by atoms with E-state index in [4.69, 9.17) is 11.6 Å². The third-order valence-corrected chi connectivity index (χ3v) is 2.90. The largest absolute Gasteiger partial charge is 0.364 e. The summed E-state index contributed by atoms with van der Waals surface area (Å²) in [6.07, 6.45) is 3.26. The van der Waals surface area contributed by atoms with E-state index >= 15 is 0 Å². The van der Waals surface area contributed by atoms with Gasteiger partial charge < -0.3 is 5.32 Å². The van der Waals surface area contributed by atoms with Gasteiger partial charge in [-0.3, -0.25) is 4.98 Å². The zero-order valence-electron chi connectivity index (χ0n) is 9.29. The van der Waals surface area contributed by atoms with Gasteiger partial charge in [0, 0.05) is 11.6 Å². The highest BCUT2D eigenvalue weighted by Gasteiger charge is 2.04. The number of rotatable bonds is 3. The van der Waals surface area contributed by atoms with E-state index in [-0.39, 0.29) is 0 Å². The monoisotopic (exact) mass is 260 g/mol. The Kier molecular flexibility index (Phi) is 2.77. The second kappa shape index (κ2) is 4.58. The predicted molar refractivity (Wildman–Crippen MR) is 67.4 cm³/mol. The van der Waals surface area contributed by atoms with Gasteiger partial charge in [0.25, 0.3) is 0 Å². The third-order valence-electron chi connectivity index (χ3n) is 2.53. The zero-order valence-corrected chi connectivity index (χ0v) is 10.0. The van der Waals surface area contributed by atoms with Crippen molar-refractivity contribution in [3.63, 3.8) is 0 Å². The van der Waals surface area contributed by atoms with Crippen molar-refractivity contribution in [2.24, 2.45) is 0 Å². The number of fused-ring (bicyclic) bond motifs is 1. The third kappa shape index (κ3) is 1.98. The first-order valence-electron chi connectivity index (χ1n) is 5.34. The quantitative estimate of drug-likeness (QED) is 0.778. The van der Waals surface area contributed by atoms with Crippen LogP contribution in [0.25, 0.3) is 5.65 Å². The lowest BCUT2D eigenvalue weighted by atomic mass is 10.2. The molecule has 1 N–H and O–H groups in total. The summed E-state index contributed by atoms with van der Waals surface area (Å²) in [4.78, 5) is 4.06. The van der Waals surface area contributed by atoms with Crippen molar-refractivity contribution in [1.82, 2.24) is 25.0 Å². The molecule has 1 aromatic carbocycles. The fourth-order valence-electron chi connectivity index (χ4n) is 1.62. The van der Waals surface area contributed by atoms with Crippen molar-refractivity contribution in [1.29, 1.82) is 0 Å². The van der Waals surface area contributed by atoms with Gasteiger partial charge in [0.15, 0.2) is 11.5 Å². The van der Waals surface area contributed by atoms with Crippen molar-refractivity contribution >= 4 is 23.1 Å². The Morgan fingerprint density at radius 2 is 2.11 bits per heavy atom. The Bertz CT molecular complexity index is 680. The van der Waals surface area contributed by atoms with Gasteiger partial charge in [0.05, 0.1) is 12.4 Å². The molecule has 0 bridgehead atoms. The van der Waals surface area contributed by atoms with Gasteiger partial charge in [0.1, 0.15) is 0 Å². The molecule has 0 saturated heterocycles. The standard InChI is InChI=1S/C11H9ClN6/c12-9-4-2-1-3-8(9)5-14-10-6-13-7-11-15-16-17-18(10)11/h1-4,6-7,14H,5H2. The Morgan fingerprint density at radius 1 is 1.22 bits per heavy atom. The zero-order chi connectivity index (χ0) is 12.4. The fourth-order valence-corrected chi connectivity index (χ4v) is 1.83. The first-order valence-corrected chi connectivity index (χ1v) is 5.72. The highest BCUT2D eigenvalue weighted by molar-refractivity contribution is 6.31. The number of benzene rings is 1. The van der Waals surface area contributed by atoms with E-state index < -0.39 is 0 Å². The number of anilines is 1. The van der Waals surface area contributed by atoms with Gasteiger partial charge >= 0.3 is 0 Å². The molecule has 18 heavy (non-hydrogen) atoms. The number of nitrogens with one attached hydrogen (secondary N) is 1. The molecule has 6 nitrogen and oxygen atoms in total. The molecule has 0 atom stereocenters. The molecule has 0 saturated carbocycles. The Morgan fingerprint density at radius 3 is 3.00 bits per heavy atom. The second-order valence-corrected chi connectivity index (χ2v) is 4.09. The van der Waals surface area contributed by atoms with Crippen LogP contribution in [0.4, 0.5) is 5.82 Å². The number of tetrazole rings is 1. The van der Waals surface area contributed by atoms with Gasteiger partial charge in [-0.1, -0.05) is 29.8 Å². The van der Waals surface area contributed by atoms with Crippen molar-refractivity contribution in [3.8, 4) is 0 Å². The lowest BCUT2D eigenvalue weighted by Crippen LogP contribution is -2.06. The van der Waals surface area contributed by atoms with E-state index in [0.717, 1.165) is 16.4 Å². The van der Waals surface area contributed by atoms with Crippen LogP contribution in [-0.2, 0) is 6.54 Å². The molecule has 2 aromatic heterocycles. The number of nitrogens with zero attached hydrogens (tertiary/aromatic N) is 5. The topological polar surface area (TPSA) is 68.0 Å². The SMILES string of the molecule is Clc1ccccc1CNc1cncc2nnnn12. The van der Waals surface area contributed by atoms with Crippen LogP contribution in [0.15, 0.2) is 36.7 Å². The van der Waals surface area contributed by atoms with Crippen molar-refractivity contribution in [2.45, 2.75) is 6.54 Å². The molecule has 0 aliphatic carbocycles. The average molecular weight is 261 g/mol. The van der Waals surface area contributed by atoms with Crippen LogP contribution in [0.5, 0.6) is 0 Å². The second-order valence-electron chi connectivity index (χ2n) is 3.69. The van der Waals surface area contributed by atoms with Crippen LogP contribution in [0.1, 0.15) is 5.56 Å². The minimum absolute atomic E-state index is 0.584. The van der Waals surface area contributed by atoms with Crippen LogP contribution < -0.4 is 5.32 Å². The fraction of sp³-hybridized carbons (Fsp3) is 0.0909. The lowest BCUT2D eigenvalue weighted by Gasteiger charge is -2.07. The summed E-state index contributed by atoms with van der Waals surface area (Å²) in [5.74, 6) is 0.720. The molecular formula is C11H9ClN6. The van der Waals surface area contributed by atoms with E-state index in [1.54, 1.807) is 16.9 Å². The molecule has 2 heterocycles. The number of hydrogen-bond acceptors (Lipinski definition) is 5. The normalized spacial score (nSPS) is 10.7. The lowest BCUT2D eigenvalue weighted by molar-refractivity contribution is 0.819. The van der Waals surface area contributed by atoms with Crippen molar-refractivity contribution in [3.05, 3.63) is 47.2 Å². The van der Waals surface area contributed by atoms with Gasteiger partial charge in [-0.05, 0) is 22.1 Å². The summed E-state index contributed by atoms with van der Waals surface area (Å²) < 4.78 is 1.59. The summed E-state index contributed by atoms with van der Waals surface area (Å²) in [5.41, 5.74) is 1.60. The Hall–Kier alpha value is -2.21. The highest BCUT2D eigenvalue weighted by Crippen LogP contribution is 2.16. The van der Waals surface area contributed by atoms with E-state index in [0.29, 0.717) is 12.2 Å². The molecule has 0 amide bonds. The van der Waals surface area contributed by atoms with E-state index in [1.807, 2.05) is 24.3 Å². The van der Waals surface area contributed by atoms with Crippen LogP contribution in [0.2, 0.25) is 5.02 Å². The minimum atomic E-state index is 0.584. The number of hydrogen-bond donors (Lipinski definition) is 1. The molecule has 3 rings (SSSR count). The summed E-state index contributed by atoms with van der Waals surface area (Å²) >= 11 is 6.08. The maximum absolute atomic E-state index is 6.08. The molecule has 0 spiro atoms. The van der Waals surface area contributed by atoms with E-state index in [2.05, 4.69) is 25.8 Å². The number of halogens is 1. The molecular weight excluding hydrogens is 252 g/mol. The van der Waals surface area contributed by atoms with Gasteiger partial charge in [0.2, 0.25) is 0 Å². The van der Waals surface area contributed by atoms with E-state index in [1.165, 1.54) is 0 Å². The molecule has 0 aliphatic heterocycles. The summed E-state index contributed by atoms with van der Waals surface area (Å²) in [7, 11) is 0. The smallest absolute Gasteiger partial charge is 0.199 e. The van der Waals surface area contributed by atoms with Crippen LogP contribution >= 0.6 is 11.6 Å². The first kappa shape index (κ1) is 10.9. The maximum atomic E-state index is 6.08. The molecule has 0 radical (unpaired) electrons. The van der Waals surface area contributed by atoms with Crippen LogP contribution in [-0.4, -0.2) is 25.0 Å².